The molecule has 10 nitrogen and oxygen atoms in total. The van der Waals surface area contributed by atoms with Gasteiger partial charge in [-0.3, -0.25) is 0 Å². The van der Waals surface area contributed by atoms with Crippen molar-refractivity contribution in [2.45, 2.75) is 39.8 Å². The van der Waals surface area contributed by atoms with E-state index in [0.29, 0.717) is 44.0 Å². The SMILES string of the molecule is Cc1cc(N=NCc2nc(OCC(C)(C)O)nc(N3CCOCC3)n2)oc1C. The summed E-state index contributed by atoms with van der Waals surface area (Å²) in [4.78, 5) is 15.1. The third kappa shape index (κ3) is 5.70. The van der Waals surface area contributed by atoms with Crippen LogP contribution in [0.15, 0.2) is 20.7 Å². The van der Waals surface area contributed by atoms with Crippen LogP contribution in [0, 0.1) is 13.8 Å². The van der Waals surface area contributed by atoms with Crippen molar-refractivity contribution < 1.29 is 19.0 Å². The molecule has 3 rings (SSSR count). The van der Waals surface area contributed by atoms with Crippen molar-refractivity contribution in [2.75, 3.05) is 37.8 Å². The zero-order valence-electron chi connectivity index (χ0n) is 16.7. The molecule has 0 bridgehead atoms. The number of rotatable bonds is 7. The molecule has 1 N–H and O–H groups in total. The van der Waals surface area contributed by atoms with Gasteiger partial charge >= 0.3 is 6.01 Å². The van der Waals surface area contributed by atoms with Crippen molar-refractivity contribution in [3.63, 3.8) is 0 Å². The monoisotopic (exact) mass is 390 g/mol. The molecular weight excluding hydrogens is 364 g/mol. The van der Waals surface area contributed by atoms with Crippen LogP contribution < -0.4 is 9.64 Å². The van der Waals surface area contributed by atoms with E-state index in [1.54, 1.807) is 13.8 Å². The Morgan fingerprint density at radius 2 is 1.96 bits per heavy atom. The van der Waals surface area contributed by atoms with Gasteiger partial charge in [0.15, 0.2) is 5.82 Å². The third-order valence-corrected chi connectivity index (χ3v) is 4.03. The van der Waals surface area contributed by atoms with Gasteiger partial charge in [0.05, 0.1) is 18.8 Å². The van der Waals surface area contributed by atoms with E-state index in [2.05, 4.69) is 25.2 Å². The van der Waals surface area contributed by atoms with Gasteiger partial charge in [0.1, 0.15) is 18.9 Å². The Morgan fingerprint density at radius 3 is 2.61 bits per heavy atom. The topological polar surface area (TPSA) is 118 Å². The molecule has 0 radical (unpaired) electrons. The quantitative estimate of drug-likeness (QED) is 0.716. The highest BCUT2D eigenvalue weighted by molar-refractivity contribution is 5.32. The van der Waals surface area contributed by atoms with E-state index >= 15 is 0 Å². The first kappa shape index (κ1) is 20.2. The lowest BCUT2D eigenvalue weighted by Gasteiger charge is -2.27. The number of nitrogens with zero attached hydrogens (tertiary/aromatic N) is 6. The predicted octanol–water partition coefficient (Wildman–Crippen LogP) is 2.35. The molecule has 0 atom stereocenters. The minimum Gasteiger partial charge on any atom is -0.460 e. The van der Waals surface area contributed by atoms with E-state index in [4.69, 9.17) is 13.9 Å². The normalized spacial score (nSPS) is 15.4. The molecule has 2 aromatic rings. The molecule has 0 unspecified atom stereocenters. The number of aromatic nitrogens is 3. The van der Waals surface area contributed by atoms with Crippen molar-refractivity contribution in [2.24, 2.45) is 10.2 Å². The molecule has 0 saturated carbocycles. The van der Waals surface area contributed by atoms with Gasteiger partial charge in [0.2, 0.25) is 11.8 Å². The van der Waals surface area contributed by atoms with Crippen molar-refractivity contribution >= 4 is 11.8 Å². The summed E-state index contributed by atoms with van der Waals surface area (Å²) in [7, 11) is 0. The van der Waals surface area contributed by atoms with E-state index in [9.17, 15) is 5.11 Å². The number of morpholine rings is 1. The smallest absolute Gasteiger partial charge is 0.321 e. The largest absolute Gasteiger partial charge is 0.460 e. The molecule has 1 aliphatic rings. The lowest BCUT2D eigenvalue weighted by atomic mass is 10.2. The van der Waals surface area contributed by atoms with E-state index in [0.717, 1.165) is 11.3 Å². The Morgan fingerprint density at radius 1 is 1.21 bits per heavy atom. The van der Waals surface area contributed by atoms with Gasteiger partial charge in [-0.25, -0.2) is 0 Å². The Kier molecular flexibility index (Phi) is 6.20. The van der Waals surface area contributed by atoms with Crippen molar-refractivity contribution in [3.05, 3.63) is 23.2 Å². The number of hydrogen-bond acceptors (Lipinski definition) is 10. The van der Waals surface area contributed by atoms with Gasteiger partial charge < -0.3 is 23.9 Å². The van der Waals surface area contributed by atoms with E-state index in [1.165, 1.54) is 0 Å². The highest BCUT2D eigenvalue weighted by Gasteiger charge is 2.19. The standard InChI is InChI=1S/C18H26N6O4/c1-12-9-15(28-13(12)2)23-19-10-14-20-16(24-5-7-26-8-6-24)22-17(21-14)27-11-18(3,4)25/h9,25H,5-8,10-11H2,1-4H3. The van der Waals surface area contributed by atoms with Crippen LogP contribution in [0.1, 0.15) is 31.0 Å². The van der Waals surface area contributed by atoms with Gasteiger partial charge in [-0.05, 0) is 33.3 Å². The molecule has 1 aliphatic heterocycles. The molecular formula is C18H26N6O4. The fourth-order valence-electron chi connectivity index (χ4n) is 2.44. The molecule has 0 aromatic carbocycles. The van der Waals surface area contributed by atoms with Gasteiger partial charge in [0, 0.05) is 19.2 Å². The highest BCUT2D eigenvalue weighted by Crippen LogP contribution is 2.21. The molecule has 1 saturated heterocycles. The fraction of sp³-hybridized carbons (Fsp3) is 0.611. The number of anilines is 1. The first-order chi connectivity index (χ1) is 13.3. The predicted molar refractivity (Wildman–Crippen MR) is 101 cm³/mol. The number of aliphatic hydroxyl groups is 1. The van der Waals surface area contributed by atoms with Gasteiger partial charge in [-0.1, -0.05) is 0 Å². The summed E-state index contributed by atoms with van der Waals surface area (Å²) in [5, 5.41) is 18.1. The lowest BCUT2D eigenvalue weighted by molar-refractivity contribution is 0.0248. The Hall–Kier alpha value is -2.59. The maximum absolute atomic E-state index is 9.89. The number of hydrogen-bond donors (Lipinski definition) is 1. The second kappa shape index (κ2) is 8.61. The van der Waals surface area contributed by atoms with Gasteiger partial charge in [-0.15, -0.1) is 5.11 Å². The molecule has 1 fully saturated rings. The van der Waals surface area contributed by atoms with Crippen LogP contribution in [-0.2, 0) is 11.3 Å². The highest BCUT2D eigenvalue weighted by atomic mass is 16.5. The number of ether oxygens (including phenoxy) is 2. The van der Waals surface area contributed by atoms with Crippen molar-refractivity contribution in [1.82, 2.24) is 15.0 Å². The Balaban J connectivity index is 1.77. The second-order valence-electron chi connectivity index (χ2n) is 7.26. The number of azo groups is 1. The first-order valence-corrected chi connectivity index (χ1v) is 9.17. The zero-order chi connectivity index (χ0) is 20.1. The van der Waals surface area contributed by atoms with Crippen LogP contribution in [0.4, 0.5) is 11.8 Å². The summed E-state index contributed by atoms with van der Waals surface area (Å²) in [6, 6.07) is 1.97. The minimum atomic E-state index is -0.999. The van der Waals surface area contributed by atoms with E-state index in [1.807, 2.05) is 24.8 Å². The second-order valence-corrected chi connectivity index (χ2v) is 7.26. The Bertz CT molecular complexity index is 804. The van der Waals surface area contributed by atoms with Crippen LogP contribution in [0.2, 0.25) is 0 Å². The molecule has 10 heteroatoms. The van der Waals surface area contributed by atoms with Crippen molar-refractivity contribution in [3.8, 4) is 6.01 Å². The minimum absolute atomic E-state index is 0.0610. The van der Waals surface area contributed by atoms with Gasteiger partial charge in [0.25, 0.3) is 0 Å². The van der Waals surface area contributed by atoms with Crippen LogP contribution in [0.5, 0.6) is 6.01 Å². The summed E-state index contributed by atoms with van der Waals surface area (Å²) in [5.41, 5.74) is 0.0201. The average molecular weight is 390 g/mol. The molecule has 3 heterocycles. The fourth-order valence-corrected chi connectivity index (χ4v) is 2.44. The van der Waals surface area contributed by atoms with Crippen LogP contribution in [0.25, 0.3) is 0 Å². The third-order valence-electron chi connectivity index (χ3n) is 4.03. The summed E-state index contributed by atoms with van der Waals surface area (Å²) < 4.78 is 16.4. The first-order valence-electron chi connectivity index (χ1n) is 9.17. The zero-order valence-corrected chi connectivity index (χ0v) is 16.7. The number of aryl methyl sites for hydroxylation is 2. The van der Waals surface area contributed by atoms with Crippen LogP contribution >= 0.6 is 0 Å². The molecule has 2 aromatic heterocycles. The average Bonchev–Trinajstić information content (AvgIpc) is 2.98. The lowest BCUT2D eigenvalue weighted by Crippen LogP contribution is -2.37. The van der Waals surface area contributed by atoms with Crippen LogP contribution in [-0.4, -0.2) is 58.6 Å². The molecule has 0 spiro atoms. The van der Waals surface area contributed by atoms with E-state index < -0.39 is 5.60 Å². The van der Waals surface area contributed by atoms with Crippen molar-refractivity contribution in [1.29, 1.82) is 0 Å². The summed E-state index contributed by atoms with van der Waals surface area (Å²) in [5.74, 6) is 2.17. The maximum Gasteiger partial charge on any atom is 0.321 e. The van der Waals surface area contributed by atoms with E-state index in [-0.39, 0.29) is 19.2 Å². The summed E-state index contributed by atoms with van der Waals surface area (Å²) >= 11 is 0. The maximum atomic E-state index is 9.89. The summed E-state index contributed by atoms with van der Waals surface area (Å²) in [6.07, 6.45) is 0. The molecule has 0 aliphatic carbocycles. The molecule has 28 heavy (non-hydrogen) atoms. The van der Waals surface area contributed by atoms with Crippen LogP contribution in [0.3, 0.4) is 0 Å². The molecule has 152 valence electrons. The molecule has 0 amide bonds. The number of furan rings is 1. The summed E-state index contributed by atoms with van der Waals surface area (Å²) in [6.45, 7) is 9.92. The Labute approximate surface area is 163 Å². The van der Waals surface area contributed by atoms with Gasteiger partial charge in [-0.2, -0.15) is 20.1 Å².